The molecule has 0 saturated carbocycles. The summed E-state index contributed by atoms with van der Waals surface area (Å²) >= 11 is 1.70. The van der Waals surface area contributed by atoms with E-state index in [4.69, 9.17) is 5.26 Å². The number of thiophene rings is 1. The lowest BCUT2D eigenvalue weighted by molar-refractivity contribution is 1.01. The van der Waals surface area contributed by atoms with Gasteiger partial charge in [-0.2, -0.15) is 5.26 Å². The Kier molecular flexibility index (Phi) is 2.84. The average Bonchev–Trinajstić information content (AvgIpc) is 2.78. The van der Waals surface area contributed by atoms with Crippen LogP contribution in [0.2, 0.25) is 0 Å². The molecule has 2 aromatic rings. The minimum Gasteiger partial charge on any atom is -0.198 e. The Hall–Kier alpha value is -1.59. The molecule has 0 amide bonds. The molecule has 1 nitrogen and oxygen atoms in total. The Morgan fingerprint density at radius 2 is 1.87 bits per heavy atom. The second-order valence-electron chi connectivity index (χ2n) is 3.42. The first-order valence-electron chi connectivity index (χ1n) is 4.86. The van der Waals surface area contributed by atoms with Crippen LogP contribution in [0.1, 0.15) is 17.7 Å². The highest BCUT2D eigenvalue weighted by atomic mass is 32.1. The van der Waals surface area contributed by atoms with Crippen molar-refractivity contribution in [2.24, 2.45) is 0 Å². The fraction of sp³-hybridized carbons (Fsp3) is 0.154. The third kappa shape index (κ3) is 2.08. The average molecular weight is 213 g/mol. The maximum atomic E-state index is 8.82. The van der Waals surface area contributed by atoms with Crippen LogP contribution in [0.15, 0.2) is 42.5 Å². The van der Waals surface area contributed by atoms with E-state index in [2.05, 4.69) is 24.3 Å². The predicted molar refractivity (Wildman–Crippen MR) is 63.8 cm³/mol. The van der Waals surface area contributed by atoms with Crippen molar-refractivity contribution in [2.45, 2.75) is 12.8 Å². The Labute approximate surface area is 93.6 Å². The maximum Gasteiger partial charge on any atom is 0.0778 e. The van der Waals surface area contributed by atoms with Crippen molar-refractivity contribution in [1.82, 2.24) is 0 Å². The minimum atomic E-state index is -0.00698. The fourth-order valence-corrected chi connectivity index (χ4v) is 2.42. The lowest BCUT2D eigenvalue weighted by atomic mass is 10.1. The van der Waals surface area contributed by atoms with Gasteiger partial charge >= 0.3 is 0 Å². The summed E-state index contributed by atoms with van der Waals surface area (Å²) in [4.78, 5) is 2.36. The van der Waals surface area contributed by atoms with Gasteiger partial charge in [0.25, 0.3) is 0 Å². The van der Waals surface area contributed by atoms with Crippen molar-refractivity contribution in [1.29, 1.82) is 5.26 Å². The van der Waals surface area contributed by atoms with Crippen LogP contribution in [0.4, 0.5) is 0 Å². The highest BCUT2D eigenvalue weighted by Crippen LogP contribution is 2.31. The summed E-state index contributed by atoms with van der Waals surface area (Å²) in [6.07, 6.45) is 0. The number of hydrogen-bond acceptors (Lipinski definition) is 2. The molecule has 0 bridgehead atoms. The summed E-state index contributed by atoms with van der Waals surface area (Å²) in [6.45, 7) is 1.93. The number of benzene rings is 1. The zero-order chi connectivity index (χ0) is 10.7. The smallest absolute Gasteiger partial charge is 0.0778 e. The van der Waals surface area contributed by atoms with Crippen LogP contribution in [-0.4, -0.2) is 0 Å². The first-order valence-corrected chi connectivity index (χ1v) is 5.67. The van der Waals surface area contributed by atoms with E-state index in [0.717, 1.165) is 4.88 Å². The predicted octanol–water partition coefficient (Wildman–Crippen LogP) is 4.04. The van der Waals surface area contributed by atoms with E-state index in [9.17, 15) is 0 Å². The van der Waals surface area contributed by atoms with Crippen molar-refractivity contribution in [3.63, 3.8) is 0 Å². The van der Waals surface area contributed by atoms with Crippen LogP contribution in [0, 0.1) is 11.3 Å². The molecule has 2 heteroatoms. The van der Waals surface area contributed by atoms with Crippen LogP contribution >= 0.6 is 11.3 Å². The summed E-state index contributed by atoms with van der Waals surface area (Å²) in [6, 6.07) is 16.6. The number of hydrogen-bond donors (Lipinski definition) is 0. The van der Waals surface area contributed by atoms with Crippen molar-refractivity contribution >= 4 is 11.3 Å². The van der Waals surface area contributed by atoms with Gasteiger partial charge in [-0.1, -0.05) is 30.3 Å². The van der Waals surface area contributed by atoms with E-state index in [1.165, 1.54) is 10.4 Å². The van der Waals surface area contributed by atoms with Gasteiger partial charge in [-0.15, -0.1) is 11.3 Å². The SMILES string of the molecule is CC(C#N)c1ccc(-c2ccccc2)s1. The van der Waals surface area contributed by atoms with Gasteiger partial charge in [0.15, 0.2) is 0 Å². The third-order valence-electron chi connectivity index (χ3n) is 2.31. The molecule has 0 saturated heterocycles. The number of nitrogens with zero attached hydrogens (tertiary/aromatic N) is 1. The van der Waals surface area contributed by atoms with E-state index in [1.807, 2.05) is 31.2 Å². The summed E-state index contributed by atoms with van der Waals surface area (Å²) in [7, 11) is 0. The normalized spacial score (nSPS) is 12.0. The topological polar surface area (TPSA) is 23.8 Å². The van der Waals surface area contributed by atoms with Gasteiger partial charge in [0.2, 0.25) is 0 Å². The molecule has 2 rings (SSSR count). The largest absolute Gasteiger partial charge is 0.198 e. The molecule has 0 N–H and O–H groups in total. The van der Waals surface area contributed by atoms with Crippen LogP contribution in [0.5, 0.6) is 0 Å². The van der Waals surface area contributed by atoms with Crippen LogP contribution < -0.4 is 0 Å². The molecule has 1 unspecified atom stereocenters. The molecule has 0 aliphatic heterocycles. The molecule has 0 aliphatic rings. The summed E-state index contributed by atoms with van der Waals surface area (Å²) in [5.74, 6) is -0.00698. The molecule has 1 aromatic heterocycles. The third-order valence-corrected chi connectivity index (χ3v) is 3.62. The molecule has 15 heavy (non-hydrogen) atoms. The highest BCUT2D eigenvalue weighted by Gasteiger charge is 2.07. The van der Waals surface area contributed by atoms with Crippen LogP contribution in [0.25, 0.3) is 10.4 Å². The molecule has 0 fully saturated rings. The fourth-order valence-electron chi connectivity index (χ4n) is 1.41. The molecule has 0 aliphatic carbocycles. The van der Waals surface area contributed by atoms with E-state index in [1.54, 1.807) is 11.3 Å². The van der Waals surface area contributed by atoms with Gasteiger partial charge in [-0.25, -0.2) is 0 Å². The molecular weight excluding hydrogens is 202 g/mol. The standard InChI is InChI=1S/C13H11NS/c1-10(9-14)12-7-8-13(15-12)11-5-3-2-4-6-11/h2-8,10H,1H3. The summed E-state index contributed by atoms with van der Waals surface area (Å²) < 4.78 is 0. The van der Waals surface area contributed by atoms with Crippen molar-refractivity contribution in [3.8, 4) is 16.5 Å². The van der Waals surface area contributed by atoms with Gasteiger partial charge in [0.1, 0.15) is 0 Å². The Morgan fingerprint density at radius 3 is 2.53 bits per heavy atom. The maximum absolute atomic E-state index is 8.82. The van der Waals surface area contributed by atoms with Gasteiger partial charge in [-0.05, 0) is 24.6 Å². The van der Waals surface area contributed by atoms with E-state index < -0.39 is 0 Å². The number of nitriles is 1. The molecule has 1 atom stereocenters. The zero-order valence-electron chi connectivity index (χ0n) is 8.47. The highest BCUT2D eigenvalue weighted by molar-refractivity contribution is 7.15. The van der Waals surface area contributed by atoms with Gasteiger partial charge in [0.05, 0.1) is 12.0 Å². The van der Waals surface area contributed by atoms with E-state index in [0.29, 0.717) is 0 Å². The second kappa shape index (κ2) is 4.29. The quantitative estimate of drug-likeness (QED) is 0.738. The molecule has 74 valence electrons. The molecule has 0 spiro atoms. The first kappa shape index (κ1) is 9.95. The monoisotopic (exact) mass is 213 g/mol. The van der Waals surface area contributed by atoms with Gasteiger partial charge in [0, 0.05) is 9.75 Å². The lowest BCUT2D eigenvalue weighted by Gasteiger charge is -1.96. The zero-order valence-corrected chi connectivity index (χ0v) is 9.29. The first-order chi connectivity index (χ1) is 7.31. The summed E-state index contributed by atoms with van der Waals surface area (Å²) in [5.41, 5.74) is 1.22. The Bertz CT molecular complexity index is 479. The lowest BCUT2D eigenvalue weighted by Crippen LogP contribution is -1.81. The number of rotatable bonds is 2. The molecular formula is C13H11NS. The second-order valence-corrected chi connectivity index (χ2v) is 4.53. The van der Waals surface area contributed by atoms with E-state index >= 15 is 0 Å². The van der Waals surface area contributed by atoms with Crippen LogP contribution in [0.3, 0.4) is 0 Å². The van der Waals surface area contributed by atoms with Crippen molar-refractivity contribution in [2.75, 3.05) is 0 Å². The van der Waals surface area contributed by atoms with E-state index in [-0.39, 0.29) is 5.92 Å². The van der Waals surface area contributed by atoms with Crippen molar-refractivity contribution in [3.05, 3.63) is 47.3 Å². The molecule has 1 heterocycles. The minimum absolute atomic E-state index is 0.00698. The molecule has 0 radical (unpaired) electrons. The Morgan fingerprint density at radius 1 is 1.13 bits per heavy atom. The van der Waals surface area contributed by atoms with Crippen molar-refractivity contribution < 1.29 is 0 Å². The van der Waals surface area contributed by atoms with Crippen LogP contribution in [-0.2, 0) is 0 Å². The Balaban J connectivity index is 2.33. The molecule has 1 aromatic carbocycles. The summed E-state index contributed by atoms with van der Waals surface area (Å²) in [5, 5.41) is 8.82. The van der Waals surface area contributed by atoms with Gasteiger partial charge < -0.3 is 0 Å². The van der Waals surface area contributed by atoms with Gasteiger partial charge in [-0.3, -0.25) is 0 Å².